The Bertz CT molecular complexity index is 902. The van der Waals surface area contributed by atoms with Crippen molar-refractivity contribution >= 4 is 24.1 Å². The smallest absolute Gasteiger partial charge is 0.468 e. The fraction of sp³-hybridized carbons (Fsp3) is 0.630. The predicted molar refractivity (Wildman–Crippen MR) is 136 cm³/mol. The van der Waals surface area contributed by atoms with Crippen molar-refractivity contribution in [3.63, 3.8) is 0 Å². The number of carbonyl (C=O) groups is 4. The highest BCUT2D eigenvalue weighted by Gasteiger charge is 2.38. The topological polar surface area (TPSA) is 140 Å². The number of unbranched alkanes of at least 4 members (excludes halogenated alkanes) is 2. The molecule has 0 aliphatic heterocycles. The van der Waals surface area contributed by atoms with Crippen LogP contribution >= 0.6 is 0 Å². The zero-order chi connectivity index (χ0) is 27.8. The third-order valence-electron chi connectivity index (χ3n) is 5.41. The van der Waals surface area contributed by atoms with Gasteiger partial charge in [0.05, 0.1) is 13.7 Å². The first-order valence-corrected chi connectivity index (χ1v) is 12.8. The number of methoxy groups -OCH3 is 1. The van der Waals surface area contributed by atoms with Gasteiger partial charge in [0, 0.05) is 25.7 Å². The lowest BCUT2D eigenvalue weighted by atomic mass is 9.86. The molecule has 0 bridgehead atoms. The lowest BCUT2D eigenvalue weighted by molar-refractivity contribution is -0.148. The van der Waals surface area contributed by atoms with Crippen LogP contribution in [0.25, 0.3) is 0 Å². The van der Waals surface area contributed by atoms with Crippen LogP contribution in [0, 0.1) is 0 Å². The molecular weight excluding hydrogens is 482 g/mol. The summed E-state index contributed by atoms with van der Waals surface area (Å²) in [4.78, 5) is 49.0. The highest BCUT2D eigenvalue weighted by atomic mass is 16.7. The molecule has 208 valence electrons. The molecule has 0 radical (unpaired) electrons. The van der Waals surface area contributed by atoms with Crippen molar-refractivity contribution in [3.8, 4) is 11.5 Å². The molecule has 0 saturated carbocycles. The molecule has 1 unspecified atom stereocenters. The first kappa shape index (κ1) is 31.9. The van der Waals surface area contributed by atoms with E-state index in [9.17, 15) is 19.2 Å². The fourth-order valence-corrected chi connectivity index (χ4v) is 3.55. The van der Waals surface area contributed by atoms with Gasteiger partial charge in [-0.25, -0.2) is 4.79 Å². The van der Waals surface area contributed by atoms with Crippen molar-refractivity contribution in [3.05, 3.63) is 23.8 Å². The molecule has 1 aromatic carbocycles. The van der Waals surface area contributed by atoms with Crippen molar-refractivity contribution in [2.45, 2.75) is 97.1 Å². The Balaban J connectivity index is 3.17. The van der Waals surface area contributed by atoms with Crippen LogP contribution in [0.2, 0.25) is 0 Å². The van der Waals surface area contributed by atoms with E-state index < -0.39 is 35.7 Å². The molecule has 0 aliphatic rings. The molecule has 0 fully saturated rings. The second kappa shape index (κ2) is 16.6. The molecular formula is C27H41NO9. The SMILES string of the molecule is CCCCC(=O)Oc1ccc(CC(N)(C[C@H](C)OC(=O)OCCC)C(=O)OC)cc1OC(=O)CCCC. The summed E-state index contributed by atoms with van der Waals surface area (Å²) in [5, 5.41) is 0. The van der Waals surface area contributed by atoms with Gasteiger partial charge in [0.15, 0.2) is 11.5 Å². The van der Waals surface area contributed by atoms with Gasteiger partial charge in [-0.3, -0.25) is 14.4 Å². The van der Waals surface area contributed by atoms with E-state index in [-0.39, 0.29) is 43.8 Å². The summed E-state index contributed by atoms with van der Waals surface area (Å²) in [5.74, 6) is -1.45. The van der Waals surface area contributed by atoms with Gasteiger partial charge >= 0.3 is 24.1 Å². The molecule has 10 nitrogen and oxygen atoms in total. The Labute approximate surface area is 219 Å². The average molecular weight is 524 g/mol. The third-order valence-corrected chi connectivity index (χ3v) is 5.41. The van der Waals surface area contributed by atoms with Gasteiger partial charge in [-0.2, -0.15) is 0 Å². The maximum absolute atomic E-state index is 12.7. The molecule has 0 aromatic heterocycles. The van der Waals surface area contributed by atoms with Crippen molar-refractivity contribution in [2.75, 3.05) is 13.7 Å². The molecule has 0 spiro atoms. The zero-order valence-corrected chi connectivity index (χ0v) is 22.6. The second-order valence-corrected chi connectivity index (χ2v) is 8.99. The van der Waals surface area contributed by atoms with E-state index >= 15 is 0 Å². The molecule has 0 amide bonds. The van der Waals surface area contributed by atoms with E-state index in [1.54, 1.807) is 13.0 Å². The Morgan fingerprint density at radius 2 is 1.51 bits per heavy atom. The quantitative estimate of drug-likeness (QED) is 0.241. The Hall–Kier alpha value is -3.14. The number of benzene rings is 1. The lowest BCUT2D eigenvalue weighted by Crippen LogP contribution is -2.53. The van der Waals surface area contributed by atoms with Crippen molar-refractivity contribution in [2.24, 2.45) is 5.73 Å². The maximum Gasteiger partial charge on any atom is 0.508 e. The molecule has 1 aromatic rings. The number of esters is 3. The summed E-state index contributed by atoms with van der Waals surface area (Å²) in [7, 11) is 1.21. The molecule has 2 atom stereocenters. The Morgan fingerprint density at radius 1 is 0.919 bits per heavy atom. The van der Waals surface area contributed by atoms with E-state index in [0.29, 0.717) is 24.8 Å². The van der Waals surface area contributed by atoms with Gasteiger partial charge in [-0.1, -0.05) is 39.7 Å². The second-order valence-electron chi connectivity index (χ2n) is 8.99. The zero-order valence-electron chi connectivity index (χ0n) is 22.6. The molecule has 1 rings (SSSR count). The van der Waals surface area contributed by atoms with E-state index in [4.69, 9.17) is 29.4 Å². The van der Waals surface area contributed by atoms with Crippen LogP contribution in [-0.4, -0.2) is 49.4 Å². The molecule has 37 heavy (non-hydrogen) atoms. The fourth-order valence-electron chi connectivity index (χ4n) is 3.55. The number of hydrogen-bond donors (Lipinski definition) is 1. The summed E-state index contributed by atoms with van der Waals surface area (Å²) in [5.41, 5.74) is 5.41. The maximum atomic E-state index is 12.7. The molecule has 0 aliphatic carbocycles. The summed E-state index contributed by atoms with van der Waals surface area (Å²) < 4.78 is 26.0. The number of ether oxygens (including phenoxy) is 5. The van der Waals surface area contributed by atoms with Crippen LogP contribution in [-0.2, 0) is 35.0 Å². The van der Waals surface area contributed by atoms with Crippen LogP contribution in [0.5, 0.6) is 11.5 Å². The molecule has 2 N–H and O–H groups in total. The highest BCUT2D eigenvalue weighted by molar-refractivity contribution is 5.81. The van der Waals surface area contributed by atoms with Gasteiger partial charge in [0.1, 0.15) is 11.6 Å². The van der Waals surface area contributed by atoms with Crippen molar-refractivity contribution in [1.29, 1.82) is 0 Å². The summed E-state index contributed by atoms with van der Waals surface area (Å²) in [6, 6.07) is 4.64. The largest absolute Gasteiger partial charge is 0.508 e. The standard InChI is InChI=1S/C27H41NO9/c1-6-9-11-23(29)36-21-14-13-20(16-22(21)37-24(30)12-10-7-2)18-27(28,25(31)33-5)17-19(4)35-26(32)34-15-8-3/h13-14,16,19H,6-12,15,17-18,28H2,1-5H3/t19-,27?/m0/s1. The molecule has 0 saturated heterocycles. The normalized spacial score (nSPS) is 13.1. The van der Waals surface area contributed by atoms with Crippen LogP contribution in [0.15, 0.2) is 18.2 Å². The van der Waals surface area contributed by atoms with E-state index in [1.165, 1.54) is 19.2 Å². The number of rotatable bonds is 16. The summed E-state index contributed by atoms with van der Waals surface area (Å²) >= 11 is 0. The minimum atomic E-state index is -1.57. The Kier molecular flexibility index (Phi) is 14.3. The minimum Gasteiger partial charge on any atom is -0.468 e. The van der Waals surface area contributed by atoms with Crippen molar-refractivity contribution < 1.29 is 42.9 Å². The van der Waals surface area contributed by atoms with E-state index in [0.717, 1.165) is 12.8 Å². The molecule has 0 heterocycles. The monoisotopic (exact) mass is 523 g/mol. The van der Waals surface area contributed by atoms with Gasteiger partial charge in [0.25, 0.3) is 0 Å². The first-order chi connectivity index (χ1) is 17.6. The van der Waals surface area contributed by atoms with Crippen LogP contribution < -0.4 is 15.2 Å². The number of carbonyl (C=O) groups excluding carboxylic acids is 4. The van der Waals surface area contributed by atoms with Crippen LogP contribution in [0.4, 0.5) is 4.79 Å². The predicted octanol–water partition coefficient (Wildman–Crippen LogP) is 4.63. The number of nitrogens with two attached hydrogens (primary N) is 1. The van der Waals surface area contributed by atoms with Crippen LogP contribution in [0.3, 0.4) is 0 Å². The summed E-state index contributed by atoms with van der Waals surface area (Å²) in [6.45, 7) is 7.58. The van der Waals surface area contributed by atoms with Gasteiger partial charge in [0.2, 0.25) is 0 Å². The van der Waals surface area contributed by atoms with Gasteiger partial charge < -0.3 is 29.4 Å². The van der Waals surface area contributed by atoms with Crippen LogP contribution in [0.1, 0.15) is 84.6 Å². The molecule has 10 heteroatoms. The van der Waals surface area contributed by atoms with E-state index in [2.05, 4.69) is 0 Å². The van der Waals surface area contributed by atoms with E-state index in [1.807, 2.05) is 20.8 Å². The van der Waals surface area contributed by atoms with Gasteiger partial charge in [-0.05, 0) is 43.9 Å². The minimum absolute atomic E-state index is 0.0268. The third kappa shape index (κ3) is 11.6. The van der Waals surface area contributed by atoms with Crippen molar-refractivity contribution in [1.82, 2.24) is 0 Å². The summed E-state index contributed by atoms with van der Waals surface area (Å²) in [6.07, 6.45) is 2.36. The highest BCUT2D eigenvalue weighted by Crippen LogP contribution is 2.32. The average Bonchev–Trinajstić information content (AvgIpc) is 2.85. The Morgan fingerprint density at radius 3 is 2.05 bits per heavy atom. The number of hydrogen-bond acceptors (Lipinski definition) is 10. The van der Waals surface area contributed by atoms with Gasteiger partial charge in [-0.15, -0.1) is 0 Å². The lowest BCUT2D eigenvalue weighted by Gasteiger charge is -2.29. The first-order valence-electron chi connectivity index (χ1n) is 12.8.